The summed E-state index contributed by atoms with van der Waals surface area (Å²) in [4.78, 5) is 12.3. The zero-order valence-corrected chi connectivity index (χ0v) is 13.3. The van der Waals surface area contributed by atoms with Crippen molar-refractivity contribution in [3.8, 4) is 0 Å². The van der Waals surface area contributed by atoms with Crippen LogP contribution in [0.3, 0.4) is 0 Å². The van der Waals surface area contributed by atoms with Crippen LogP contribution in [-0.4, -0.2) is 13.0 Å². The van der Waals surface area contributed by atoms with Crippen molar-refractivity contribution in [3.63, 3.8) is 0 Å². The molecule has 0 saturated heterocycles. The third kappa shape index (κ3) is 3.20. The second-order valence-corrected chi connectivity index (χ2v) is 5.61. The highest BCUT2D eigenvalue weighted by Crippen LogP contribution is 2.22. The molecule has 2 rings (SSSR count). The third-order valence-corrected chi connectivity index (χ3v) is 3.70. The summed E-state index contributed by atoms with van der Waals surface area (Å²) in [6.45, 7) is 3.95. The molecule has 0 radical (unpaired) electrons. The van der Waals surface area contributed by atoms with Crippen LogP contribution in [0.5, 0.6) is 0 Å². The van der Waals surface area contributed by atoms with Gasteiger partial charge in [-0.25, -0.2) is 0 Å². The van der Waals surface area contributed by atoms with Crippen molar-refractivity contribution < 1.29 is 4.79 Å². The van der Waals surface area contributed by atoms with Gasteiger partial charge in [0.25, 0.3) is 5.91 Å². The lowest BCUT2D eigenvalue weighted by Crippen LogP contribution is -2.13. The van der Waals surface area contributed by atoms with Crippen LogP contribution in [0.1, 0.15) is 21.5 Å². The maximum Gasteiger partial charge on any atom is 0.255 e. The molecule has 0 aliphatic rings. The van der Waals surface area contributed by atoms with E-state index in [9.17, 15) is 4.79 Å². The van der Waals surface area contributed by atoms with Crippen LogP contribution in [0.15, 0.2) is 40.9 Å². The number of rotatable bonds is 3. The molecular weight excluding hydrogens is 316 g/mol. The second-order valence-electron chi connectivity index (χ2n) is 4.69. The average molecular weight is 333 g/mol. The number of aryl methyl sites for hydroxylation is 2. The minimum Gasteiger partial charge on any atom is -0.388 e. The molecule has 1 amide bonds. The second kappa shape index (κ2) is 6.09. The average Bonchev–Trinajstić information content (AvgIpc) is 2.42. The first kappa shape index (κ1) is 14.6. The summed E-state index contributed by atoms with van der Waals surface area (Å²) in [5.41, 5.74) is 4.58. The number of anilines is 2. The van der Waals surface area contributed by atoms with E-state index in [0.717, 1.165) is 27.0 Å². The van der Waals surface area contributed by atoms with Gasteiger partial charge in [0.2, 0.25) is 0 Å². The Kier molecular flexibility index (Phi) is 4.45. The predicted molar refractivity (Wildman–Crippen MR) is 87.6 cm³/mol. The molecule has 0 fully saturated rings. The standard InChI is InChI=1S/C16H17BrN2O/c1-10-4-6-13(17)9-15(10)19-16(20)12-5-7-14(18-3)11(2)8-12/h4-9,18H,1-3H3,(H,19,20). The Hall–Kier alpha value is -1.81. The van der Waals surface area contributed by atoms with Gasteiger partial charge in [-0.15, -0.1) is 0 Å². The Balaban J connectivity index is 2.24. The van der Waals surface area contributed by atoms with Gasteiger partial charge >= 0.3 is 0 Å². The van der Waals surface area contributed by atoms with Crippen molar-refractivity contribution >= 4 is 33.2 Å². The molecule has 104 valence electrons. The maximum absolute atomic E-state index is 12.3. The molecule has 20 heavy (non-hydrogen) atoms. The third-order valence-electron chi connectivity index (χ3n) is 3.21. The highest BCUT2D eigenvalue weighted by atomic mass is 79.9. The fourth-order valence-electron chi connectivity index (χ4n) is 2.01. The molecule has 4 heteroatoms. The van der Waals surface area contributed by atoms with Gasteiger partial charge in [-0.05, 0) is 55.3 Å². The molecule has 0 bridgehead atoms. The molecule has 0 atom stereocenters. The molecule has 0 aromatic heterocycles. The van der Waals surface area contributed by atoms with Gasteiger partial charge in [-0.3, -0.25) is 4.79 Å². The van der Waals surface area contributed by atoms with Crippen molar-refractivity contribution in [1.82, 2.24) is 0 Å². The largest absolute Gasteiger partial charge is 0.388 e. The van der Waals surface area contributed by atoms with Crippen LogP contribution < -0.4 is 10.6 Å². The summed E-state index contributed by atoms with van der Waals surface area (Å²) in [5.74, 6) is -0.100. The number of halogens is 1. The van der Waals surface area contributed by atoms with Crippen molar-refractivity contribution in [2.45, 2.75) is 13.8 Å². The van der Waals surface area contributed by atoms with Crippen molar-refractivity contribution in [2.75, 3.05) is 17.7 Å². The van der Waals surface area contributed by atoms with Gasteiger partial charge < -0.3 is 10.6 Å². The van der Waals surface area contributed by atoms with Crippen LogP contribution in [0.25, 0.3) is 0 Å². The number of carbonyl (C=O) groups is 1. The van der Waals surface area contributed by atoms with E-state index in [-0.39, 0.29) is 5.91 Å². The van der Waals surface area contributed by atoms with E-state index in [1.165, 1.54) is 0 Å². The number of amides is 1. The molecule has 0 saturated carbocycles. The van der Waals surface area contributed by atoms with E-state index in [1.54, 1.807) is 0 Å². The van der Waals surface area contributed by atoms with Crippen molar-refractivity contribution in [2.24, 2.45) is 0 Å². The molecule has 3 nitrogen and oxygen atoms in total. The van der Waals surface area contributed by atoms with E-state index in [4.69, 9.17) is 0 Å². The lowest BCUT2D eigenvalue weighted by atomic mass is 10.1. The Labute approximate surface area is 127 Å². The molecule has 0 aliphatic heterocycles. The highest BCUT2D eigenvalue weighted by molar-refractivity contribution is 9.10. The first-order chi connectivity index (χ1) is 9.51. The van der Waals surface area contributed by atoms with Crippen LogP contribution in [0.4, 0.5) is 11.4 Å². The summed E-state index contributed by atoms with van der Waals surface area (Å²) in [7, 11) is 1.87. The van der Waals surface area contributed by atoms with E-state index in [1.807, 2.05) is 57.3 Å². The van der Waals surface area contributed by atoms with E-state index in [2.05, 4.69) is 26.6 Å². The fourth-order valence-corrected chi connectivity index (χ4v) is 2.37. The summed E-state index contributed by atoms with van der Waals surface area (Å²) in [6, 6.07) is 11.4. The number of benzene rings is 2. The Morgan fingerprint density at radius 1 is 1.00 bits per heavy atom. The monoisotopic (exact) mass is 332 g/mol. The number of hydrogen-bond acceptors (Lipinski definition) is 2. The van der Waals surface area contributed by atoms with Crippen LogP contribution in [0.2, 0.25) is 0 Å². The fraction of sp³-hybridized carbons (Fsp3) is 0.188. The smallest absolute Gasteiger partial charge is 0.255 e. The minimum atomic E-state index is -0.100. The normalized spacial score (nSPS) is 10.2. The summed E-state index contributed by atoms with van der Waals surface area (Å²) >= 11 is 3.41. The Morgan fingerprint density at radius 3 is 2.40 bits per heavy atom. The number of carbonyl (C=O) groups excluding carboxylic acids is 1. The SMILES string of the molecule is CNc1ccc(C(=O)Nc2cc(Br)ccc2C)cc1C. The molecule has 2 N–H and O–H groups in total. The molecule has 0 heterocycles. The quantitative estimate of drug-likeness (QED) is 0.876. The van der Waals surface area contributed by atoms with E-state index >= 15 is 0 Å². The van der Waals surface area contributed by atoms with E-state index < -0.39 is 0 Å². The van der Waals surface area contributed by atoms with Gasteiger partial charge in [-0.2, -0.15) is 0 Å². The maximum atomic E-state index is 12.3. The molecule has 0 aliphatic carbocycles. The van der Waals surface area contributed by atoms with Crippen molar-refractivity contribution in [3.05, 3.63) is 57.6 Å². The lowest BCUT2D eigenvalue weighted by Gasteiger charge is -2.11. The lowest BCUT2D eigenvalue weighted by molar-refractivity contribution is 0.102. The summed E-state index contributed by atoms with van der Waals surface area (Å²) in [6.07, 6.45) is 0. The zero-order chi connectivity index (χ0) is 14.7. The van der Waals surface area contributed by atoms with E-state index in [0.29, 0.717) is 5.56 Å². The Bertz CT molecular complexity index is 653. The summed E-state index contributed by atoms with van der Waals surface area (Å²) < 4.78 is 0.945. The first-order valence-corrected chi connectivity index (χ1v) is 7.16. The number of nitrogens with one attached hydrogen (secondary N) is 2. The highest BCUT2D eigenvalue weighted by Gasteiger charge is 2.09. The van der Waals surface area contributed by atoms with Crippen molar-refractivity contribution in [1.29, 1.82) is 0 Å². The molecular formula is C16H17BrN2O. The number of hydrogen-bond donors (Lipinski definition) is 2. The molecule has 0 spiro atoms. The van der Waals surface area contributed by atoms with Crippen LogP contribution in [0, 0.1) is 13.8 Å². The molecule has 2 aromatic carbocycles. The van der Waals surface area contributed by atoms with Crippen LogP contribution in [-0.2, 0) is 0 Å². The van der Waals surface area contributed by atoms with Gasteiger partial charge in [0.15, 0.2) is 0 Å². The van der Waals surface area contributed by atoms with Crippen LogP contribution >= 0.6 is 15.9 Å². The molecule has 2 aromatic rings. The Morgan fingerprint density at radius 2 is 1.75 bits per heavy atom. The van der Waals surface area contributed by atoms with Gasteiger partial charge in [0.1, 0.15) is 0 Å². The summed E-state index contributed by atoms with van der Waals surface area (Å²) in [5, 5.41) is 6.03. The van der Waals surface area contributed by atoms with Gasteiger partial charge in [-0.1, -0.05) is 22.0 Å². The first-order valence-electron chi connectivity index (χ1n) is 6.37. The molecule has 0 unspecified atom stereocenters. The zero-order valence-electron chi connectivity index (χ0n) is 11.8. The minimum absolute atomic E-state index is 0.100. The predicted octanol–water partition coefficient (Wildman–Crippen LogP) is 4.36. The van der Waals surface area contributed by atoms with Gasteiger partial charge in [0, 0.05) is 28.5 Å². The topological polar surface area (TPSA) is 41.1 Å². The van der Waals surface area contributed by atoms with Gasteiger partial charge in [0.05, 0.1) is 0 Å².